The minimum Gasteiger partial charge on any atom is -0.497 e. The van der Waals surface area contributed by atoms with E-state index in [1.165, 1.54) is 0 Å². The molecule has 1 atom stereocenters. The van der Waals surface area contributed by atoms with Crippen molar-refractivity contribution < 1.29 is 14.8 Å². The molecule has 0 fully saturated rings. The number of anilines is 1. The van der Waals surface area contributed by atoms with E-state index >= 15 is 0 Å². The second kappa shape index (κ2) is 6.73. The maximum Gasteiger partial charge on any atom is 0.290 e. The number of hydrogen-bond donors (Lipinski definition) is 2. The van der Waals surface area contributed by atoms with Gasteiger partial charge in [0, 0.05) is 5.56 Å². The van der Waals surface area contributed by atoms with Crippen molar-refractivity contribution in [1.29, 1.82) is 5.26 Å². The summed E-state index contributed by atoms with van der Waals surface area (Å²) in [5, 5.41) is 21.5. The number of nitrogens with one attached hydrogen (secondary N) is 2. The molecular weight excluding hydrogens is 266 g/mol. The fraction of sp³-hybridized carbons (Fsp3) is 0.250. The molecule has 1 heterocycles. The molecule has 5 heteroatoms. The van der Waals surface area contributed by atoms with Crippen LogP contribution in [0.5, 0.6) is 5.75 Å². The number of nitriles is 1. The van der Waals surface area contributed by atoms with Crippen molar-refractivity contribution >= 4 is 5.82 Å². The Morgan fingerprint density at radius 1 is 1.29 bits per heavy atom. The van der Waals surface area contributed by atoms with Gasteiger partial charge < -0.3 is 9.84 Å². The number of aromatic amines is 1. The van der Waals surface area contributed by atoms with Gasteiger partial charge in [-0.05, 0) is 43.3 Å². The first-order chi connectivity index (χ1) is 10.1. The molecule has 3 N–H and O–H groups in total. The highest BCUT2D eigenvalue weighted by atomic mass is 16.5. The summed E-state index contributed by atoms with van der Waals surface area (Å²) in [4.78, 5) is 3.19. The van der Waals surface area contributed by atoms with Crippen LogP contribution in [0.4, 0.5) is 5.82 Å². The van der Waals surface area contributed by atoms with Crippen molar-refractivity contribution in [2.45, 2.75) is 13.0 Å². The van der Waals surface area contributed by atoms with Gasteiger partial charge in [0.15, 0.2) is 0 Å². The quantitative estimate of drug-likeness (QED) is 0.878. The second-order valence-corrected chi connectivity index (χ2v) is 4.73. The predicted octanol–water partition coefficient (Wildman–Crippen LogP) is 1.84. The van der Waals surface area contributed by atoms with Crippen LogP contribution in [0.2, 0.25) is 0 Å². The number of benzene rings is 1. The number of H-pyrrole nitrogens is 1. The molecule has 0 amide bonds. The topological polar surface area (TPSA) is 79.4 Å². The number of aliphatic hydroxyl groups is 1. The molecule has 0 aliphatic heterocycles. The van der Waals surface area contributed by atoms with Crippen LogP contribution in [0.3, 0.4) is 0 Å². The molecule has 0 saturated carbocycles. The zero-order valence-electron chi connectivity index (χ0n) is 12.1. The fourth-order valence-electron chi connectivity index (χ4n) is 1.91. The van der Waals surface area contributed by atoms with E-state index in [0.29, 0.717) is 17.9 Å². The SMILES string of the molecule is COc1ccc(-c2ccc(C#N)c(NC[C@H](C)O)[nH+]2)cc1. The number of rotatable bonds is 5. The molecule has 0 aliphatic rings. The van der Waals surface area contributed by atoms with Crippen LogP contribution in [0.15, 0.2) is 36.4 Å². The lowest BCUT2D eigenvalue weighted by atomic mass is 10.1. The summed E-state index contributed by atoms with van der Waals surface area (Å²) in [6.07, 6.45) is -0.491. The third-order valence-electron chi connectivity index (χ3n) is 3.04. The molecule has 0 spiro atoms. The van der Waals surface area contributed by atoms with Crippen molar-refractivity contribution in [1.82, 2.24) is 0 Å². The summed E-state index contributed by atoms with van der Waals surface area (Å²) >= 11 is 0. The van der Waals surface area contributed by atoms with Crippen LogP contribution < -0.4 is 15.0 Å². The van der Waals surface area contributed by atoms with Crippen LogP contribution in [-0.2, 0) is 0 Å². The number of methoxy groups -OCH3 is 1. The van der Waals surface area contributed by atoms with Gasteiger partial charge in [-0.1, -0.05) is 0 Å². The Bertz CT molecular complexity index is 646. The Hall–Kier alpha value is -2.58. The highest BCUT2D eigenvalue weighted by Crippen LogP contribution is 2.20. The highest BCUT2D eigenvalue weighted by Gasteiger charge is 2.13. The van der Waals surface area contributed by atoms with Gasteiger partial charge in [0.1, 0.15) is 29.6 Å². The average molecular weight is 284 g/mol. The average Bonchev–Trinajstić information content (AvgIpc) is 2.52. The summed E-state index contributed by atoms with van der Waals surface area (Å²) in [5.41, 5.74) is 2.37. The third-order valence-corrected chi connectivity index (χ3v) is 3.04. The van der Waals surface area contributed by atoms with E-state index in [9.17, 15) is 5.11 Å². The monoisotopic (exact) mass is 284 g/mol. The van der Waals surface area contributed by atoms with Crippen LogP contribution >= 0.6 is 0 Å². The zero-order chi connectivity index (χ0) is 15.2. The Kier molecular flexibility index (Phi) is 4.75. The standard InChI is InChI=1S/C16H17N3O2/c1-11(20)10-18-16-13(9-17)5-8-15(19-16)12-3-6-14(21-2)7-4-12/h3-8,11,20H,10H2,1-2H3,(H,18,19)/p+1/t11-/m0/s1. The smallest absolute Gasteiger partial charge is 0.290 e. The number of pyridine rings is 1. The van der Waals surface area contributed by atoms with E-state index in [4.69, 9.17) is 10.00 Å². The van der Waals surface area contributed by atoms with E-state index in [-0.39, 0.29) is 0 Å². The summed E-state index contributed by atoms with van der Waals surface area (Å²) in [6, 6.07) is 13.4. The third kappa shape index (κ3) is 3.71. The lowest BCUT2D eigenvalue weighted by Gasteiger charge is -2.06. The Morgan fingerprint density at radius 3 is 2.57 bits per heavy atom. The molecule has 2 rings (SSSR count). The van der Waals surface area contributed by atoms with Gasteiger partial charge in [0.2, 0.25) is 0 Å². The Labute approximate surface area is 123 Å². The van der Waals surface area contributed by atoms with E-state index in [1.54, 1.807) is 20.1 Å². The van der Waals surface area contributed by atoms with Crippen molar-refractivity contribution in [3.05, 3.63) is 42.0 Å². The lowest BCUT2D eigenvalue weighted by molar-refractivity contribution is -0.348. The minimum atomic E-state index is -0.491. The molecule has 108 valence electrons. The van der Waals surface area contributed by atoms with Gasteiger partial charge in [0.05, 0.1) is 13.2 Å². The molecule has 1 aromatic heterocycles. The first-order valence-corrected chi connectivity index (χ1v) is 6.67. The number of aliphatic hydroxyl groups excluding tert-OH is 1. The molecule has 21 heavy (non-hydrogen) atoms. The lowest BCUT2D eigenvalue weighted by Crippen LogP contribution is -2.23. The van der Waals surface area contributed by atoms with Gasteiger partial charge in [-0.15, -0.1) is 0 Å². The number of ether oxygens (including phenoxy) is 1. The molecule has 0 unspecified atom stereocenters. The van der Waals surface area contributed by atoms with Crippen molar-refractivity contribution in [3.8, 4) is 23.1 Å². The van der Waals surface area contributed by atoms with Crippen LogP contribution in [0.1, 0.15) is 12.5 Å². The van der Waals surface area contributed by atoms with Crippen LogP contribution in [0.25, 0.3) is 11.3 Å². The molecule has 5 nitrogen and oxygen atoms in total. The summed E-state index contributed by atoms with van der Waals surface area (Å²) in [5.74, 6) is 1.39. The van der Waals surface area contributed by atoms with Crippen molar-refractivity contribution in [2.24, 2.45) is 0 Å². The molecule has 1 aromatic carbocycles. The van der Waals surface area contributed by atoms with E-state index in [2.05, 4.69) is 16.4 Å². The summed E-state index contributed by atoms with van der Waals surface area (Å²) < 4.78 is 5.14. The van der Waals surface area contributed by atoms with E-state index < -0.39 is 6.10 Å². The Balaban J connectivity index is 2.31. The fourth-order valence-corrected chi connectivity index (χ4v) is 1.91. The Morgan fingerprint density at radius 2 is 2.00 bits per heavy atom. The number of aromatic nitrogens is 1. The molecule has 2 aromatic rings. The van der Waals surface area contributed by atoms with E-state index in [0.717, 1.165) is 17.0 Å². The van der Waals surface area contributed by atoms with Crippen LogP contribution in [-0.4, -0.2) is 24.9 Å². The summed E-state index contributed by atoms with van der Waals surface area (Å²) in [7, 11) is 1.63. The van der Waals surface area contributed by atoms with Crippen LogP contribution in [0, 0.1) is 11.3 Å². The maximum absolute atomic E-state index is 9.35. The second-order valence-electron chi connectivity index (χ2n) is 4.73. The van der Waals surface area contributed by atoms with Crippen molar-refractivity contribution in [2.75, 3.05) is 19.0 Å². The van der Waals surface area contributed by atoms with Gasteiger partial charge in [0.25, 0.3) is 5.82 Å². The first kappa shape index (κ1) is 14.8. The van der Waals surface area contributed by atoms with Crippen molar-refractivity contribution in [3.63, 3.8) is 0 Å². The predicted molar refractivity (Wildman–Crippen MR) is 79.9 cm³/mol. The van der Waals surface area contributed by atoms with E-state index in [1.807, 2.05) is 30.3 Å². The number of nitrogens with zero attached hydrogens (tertiary/aromatic N) is 1. The molecule has 0 bridgehead atoms. The number of hydrogen-bond acceptors (Lipinski definition) is 4. The molecule has 0 radical (unpaired) electrons. The van der Waals surface area contributed by atoms with Gasteiger partial charge >= 0.3 is 0 Å². The maximum atomic E-state index is 9.35. The highest BCUT2D eigenvalue weighted by molar-refractivity contribution is 5.60. The zero-order valence-corrected chi connectivity index (χ0v) is 12.1. The van der Waals surface area contributed by atoms with Gasteiger partial charge in [-0.25, -0.2) is 4.98 Å². The van der Waals surface area contributed by atoms with Gasteiger partial charge in [-0.3, -0.25) is 5.32 Å². The normalized spacial score (nSPS) is 11.5. The largest absolute Gasteiger partial charge is 0.497 e. The minimum absolute atomic E-state index is 0.372. The summed E-state index contributed by atoms with van der Waals surface area (Å²) in [6.45, 7) is 2.06. The van der Waals surface area contributed by atoms with Gasteiger partial charge in [-0.2, -0.15) is 5.26 Å². The molecule has 0 aliphatic carbocycles. The molecular formula is C16H18N3O2+. The first-order valence-electron chi connectivity index (χ1n) is 6.67. The molecule has 0 saturated heterocycles.